The van der Waals surface area contributed by atoms with Gasteiger partial charge >= 0.3 is 0 Å². The zero-order valence-corrected chi connectivity index (χ0v) is 22.8. The van der Waals surface area contributed by atoms with Crippen LogP contribution >= 0.6 is 0 Å². The van der Waals surface area contributed by atoms with Gasteiger partial charge in [0.05, 0.1) is 28.3 Å². The Morgan fingerprint density at radius 1 is 0.429 bits per heavy atom. The molecule has 0 saturated carbocycles. The second-order valence-corrected chi connectivity index (χ2v) is 10.9. The van der Waals surface area contributed by atoms with Gasteiger partial charge in [0.15, 0.2) is 0 Å². The average Bonchev–Trinajstić information content (AvgIpc) is 3.57. The van der Waals surface area contributed by atoms with Crippen LogP contribution in [0.15, 0.2) is 152 Å². The number of para-hydroxylation sites is 2. The van der Waals surface area contributed by atoms with Crippen molar-refractivity contribution in [2.75, 3.05) is 0 Å². The van der Waals surface area contributed by atoms with E-state index in [-0.39, 0.29) is 0 Å². The van der Waals surface area contributed by atoms with Crippen LogP contribution in [-0.2, 0) is 0 Å². The lowest BCUT2D eigenvalue weighted by Crippen LogP contribution is -1.94. The van der Waals surface area contributed by atoms with Crippen LogP contribution in [0, 0.1) is 0 Å². The molecule has 3 nitrogen and oxygen atoms in total. The number of hydrogen-bond donors (Lipinski definition) is 0. The summed E-state index contributed by atoms with van der Waals surface area (Å²) in [6, 6.07) is 50.4. The summed E-state index contributed by atoms with van der Waals surface area (Å²) in [5.41, 5.74) is 9.44. The van der Waals surface area contributed by atoms with E-state index in [0.29, 0.717) is 0 Å². The van der Waals surface area contributed by atoms with E-state index in [2.05, 4.69) is 154 Å². The normalized spacial score (nSPS) is 11.8. The highest BCUT2D eigenvalue weighted by Crippen LogP contribution is 2.41. The lowest BCUT2D eigenvalue weighted by Gasteiger charge is -2.11. The summed E-state index contributed by atoms with van der Waals surface area (Å²) in [7, 11) is 0. The van der Waals surface area contributed by atoms with E-state index in [4.69, 9.17) is 0 Å². The van der Waals surface area contributed by atoms with Gasteiger partial charge in [-0.2, -0.15) is 0 Å². The van der Waals surface area contributed by atoms with Gasteiger partial charge in [-0.05, 0) is 70.4 Å². The fourth-order valence-electron chi connectivity index (χ4n) is 6.74. The number of hydrogen-bond acceptors (Lipinski definition) is 1. The van der Waals surface area contributed by atoms with Gasteiger partial charge in [0.25, 0.3) is 0 Å². The molecule has 9 aromatic rings. The minimum absolute atomic E-state index is 1.11. The van der Waals surface area contributed by atoms with Crippen molar-refractivity contribution >= 4 is 54.4 Å². The minimum atomic E-state index is 1.11. The van der Waals surface area contributed by atoms with Gasteiger partial charge in [-0.1, -0.05) is 91.0 Å². The molecule has 9 rings (SSSR count). The van der Waals surface area contributed by atoms with Gasteiger partial charge in [0, 0.05) is 39.1 Å². The molecule has 0 aliphatic heterocycles. The number of fused-ring (bicyclic) bond motifs is 7. The second-order valence-electron chi connectivity index (χ2n) is 10.9. The van der Waals surface area contributed by atoms with Crippen molar-refractivity contribution in [2.45, 2.75) is 0 Å². The van der Waals surface area contributed by atoms with Gasteiger partial charge < -0.3 is 9.13 Å². The predicted molar refractivity (Wildman–Crippen MR) is 176 cm³/mol. The fraction of sp³-hybridized carbons (Fsp3) is 0. The Labute approximate surface area is 242 Å². The van der Waals surface area contributed by atoms with Crippen molar-refractivity contribution < 1.29 is 0 Å². The van der Waals surface area contributed by atoms with Crippen LogP contribution in [0.5, 0.6) is 0 Å². The molecule has 3 heteroatoms. The molecule has 0 amide bonds. The maximum Gasteiger partial charge on any atom is 0.0724 e. The first-order valence-electron chi connectivity index (χ1n) is 14.3. The molecule has 0 aliphatic carbocycles. The number of nitrogens with zero attached hydrogens (tertiary/aromatic N) is 3. The summed E-state index contributed by atoms with van der Waals surface area (Å²) in [5, 5.41) is 7.45. The Morgan fingerprint density at radius 3 is 2.12 bits per heavy atom. The SMILES string of the molecule is c1ccc(-n2c3cnccc3c3ccc(-c4cccc5c4c4ccccc4n5-c4ccc5ccccc5c4)cc32)cc1. The highest BCUT2D eigenvalue weighted by molar-refractivity contribution is 6.17. The Hall–Kier alpha value is -5.67. The van der Waals surface area contributed by atoms with E-state index in [1.807, 2.05) is 12.4 Å². The second kappa shape index (κ2) is 8.92. The van der Waals surface area contributed by atoms with Crippen molar-refractivity contribution in [2.24, 2.45) is 0 Å². The smallest absolute Gasteiger partial charge is 0.0724 e. The first-order valence-corrected chi connectivity index (χ1v) is 14.3. The predicted octanol–water partition coefficient (Wildman–Crippen LogP) is 10.1. The molecule has 0 radical (unpaired) electrons. The van der Waals surface area contributed by atoms with E-state index in [9.17, 15) is 0 Å². The molecule has 6 aromatic carbocycles. The molecule has 0 spiro atoms. The van der Waals surface area contributed by atoms with Crippen molar-refractivity contribution in [3.63, 3.8) is 0 Å². The minimum Gasteiger partial charge on any atom is -0.309 e. The lowest BCUT2D eigenvalue weighted by molar-refractivity contribution is 1.17. The van der Waals surface area contributed by atoms with E-state index in [0.717, 1.165) is 11.2 Å². The van der Waals surface area contributed by atoms with Gasteiger partial charge in [-0.3, -0.25) is 4.98 Å². The average molecular weight is 536 g/mol. The Kier molecular flexibility index (Phi) is 4.90. The molecule has 0 saturated heterocycles. The maximum absolute atomic E-state index is 4.48. The first kappa shape index (κ1) is 23.1. The zero-order valence-electron chi connectivity index (χ0n) is 22.8. The highest BCUT2D eigenvalue weighted by atomic mass is 15.0. The van der Waals surface area contributed by atoms with Gasteiger partial charge in [0.1, 0.15) is 0 Å². The summed E-state index contributed by atoms with van der Waals surface area (Å²) in [5.74, 6) is 0. The van der Waals surface area contributed by atoms with E-state index < -0.39 is 0 Å². The molecular formula is C39H25N3. The third-order valence-corrected chi connectivity index (χ3v) is 8.58. The summed E-state index contributed by atoms with van der Waals surface area (Å²) in [4.78, 5) is 4.48. The summed E-state index contributed by atoms with van der Waals surface area (Å²) in [6.07, 6.45) is 3.85. The molecule has 3 aromatic heterocycles. The van der Waals surface area contributed by atoms with Crippen molar-refractivity contribution in [1.82, 2.24) is 14.1 Å². The molecule has 0 bridgehead atoms. The fourth-order valence-corrected chi connectivity index (χ4v) is 6.74. The summed E-state index contributed by atoms with van der Waals surface area (Å²) < 4.78 is 4.74. The van der Waals surface area contributed by atoms with Crippen LogP contribution < -0.4 is 0 Å². The van der Waals surface area contributed by atoms with E-state index in [1.54, 1.807) is 0 Å². The van der Waals surface area contributed by atoms with Crippen molar-refractivity contribution in [3.8, 4) is 22.5 Å². The van der Waals surface area contributed by atoms with Crippen LogP contribution in [0.3, 0.4) is 0 Å². The van der Waals surface area contributed by atoms with Crippen LogP contribution in [0.25, 0.3) is 76.9 Å². The molecule has 0 unspecified atom stereocenters. The van der Waals surface area contributed by atoms with Crippen LogP contribution in [0.4, 0.5) is 0 Å². The zero-order chi connectivity index (χ0) is 27.6. The van der Waals surface area contributed by atoms with Crippen molar-refractivity contribution in [1.29, 1.82) is 0 Å². The summed E-state index contributed by atoms with van der Waals surface area (Å²) >= 11 is 0. The van der Waals surface area contributed by atoms with Crippen LogP contribution in [0.2, 0.25) is 0 Å². The van der Waals surface area contributed by atoms with Crippen LogP contribution in [0.1, 0.15) is 0 Å². The number of rotatable bonds is 3. The molecule has 0 atom stereocenters. The van der Waals surface area contributed by atoms with Gasteiger partial charge in [0.2, 0.25) is 0 Å². The standard InChI is InChI=1S/C39H25N3/c1-2-11-29(12-3-1)41-37-24-28(18-20-32(37)33-21-22-40-25-38(33)41)31-14-8-16-36-39(31)34-13-6-7-15-35(34)42(36)30-19-17-26-9-4-5-10-27(26)23-30/h1-25H. The monoisotopic (exact) mass is 535 g/mol. The van der Waals surface area contributed by atoms with E-state index in [1.165, 1.54) is 65.7 Å². The Bertz CT molecular complexity index is 2460. The third-order valence-electron chi connectivity index (χ3n) is 8.58. The summed E-state index contributed by atoms with van der Waals surface area (Å²) in [6.45, 7) is 0. The van der Waals surface area contributed by atoms with Gasteiger partial charge in [-0.25, -0.2) is 0 Å². The largest absolute Gasteiger partial charge is 0.309 e. The van der Waals surface area contributed by atoms with Gasteiger partial charge in [-0.15, -0.1) is 0 Å². The molecule has 196 valence electrons. The number of benzene rings is 6. The van der Waals surface area contributed by atoms with Crippen molar-refractivity contribution in [3.05, 3.63) is 152 Å². The third kappa shape index (κ3) is 3.31. The molecule has 42 heavy (non-hydrogen) atoms. The molecule has 3 heterocycles. The Morgan fingerprint density at radius 2 is 1.19 bits per heavy atom. The molecule has 0 aliphatic rings. The lowest BCUT2D eigenvalue weighted by atomic mass is 9.98. The van der Waals surface area contributed by atoms with E-state index >= 15 is 0 Å². The molecular weight excluding hydrogens is 510 g/mol. The number of aromatic nitrogens is 3. The maximum atomic E-state index is 4.48. The van der Waals surface area contributed by atoms with Crippen LogP contribution in [-0.4, -0.2) is 14.1 Å². The molecule has 0 N–H and O–H groups in total. The highest BCUT2D eigenvalue weighted by Gasteiger charge is 2.18. The first-order chi connectivity index (χ1) is 20.8. The topological polar surface area (TPSA) is 22.8 Å². The Balaban J connectivity index is 1.34. The quantitative estimate of drug-likeness (QED) is 0.221. The molecule has 0 fully saturated rings. The number of pyridine rings is 1.